The van der Waals surface area contributed by atoms with Crippen LogP contribution in [-0.2, 0) is 29.3 Å². The van der Waals surface area contributed by atoms with Crippen molar-refractivity contribution in [1.29, 1.82) is 0 Å². The highest BCUT2D eigenvalue weighted by Crippen LogP contribution is 2.35. The summed E-state index contributed by atoms with van der Waals surface area (Å²) in [4.78, 5) is 69.5. The third-order valence-electron chi connectivity index (χ3n) is 9.89. The average molecular weight is 694 g/mol. The van der Waals surface area contributed by atoms with Crippen molar-refractivity contribution >= 4 is 29.5 Å². The number of nitrogens with one attached hydrogen (secondary N) is 4. The van der Waals surface area contributed by atoms with E-state index in [0.29, 0.717) is 45.4 Å². The van der Waals surface area contributed by atoms with Gasteiger partial charge < -0.3 is 35.6 Å². The van der Waals surface area contributed by atoms with Crippen LogP contribution in [0, 0.1) is 11.7 Å². The fourth-order valence-corrected chi connectivity index (χ4v) is 6.94. The number of carbonyl (C=O) groups excluding carboxylic acids is 5. The second-order valence-electron chi connectivity index (χ2n) is 13.9. The van der Waals surface area contributed by atoms with Crippen molar-refractivity contribution in [3.63, 3.8) is 0 Å². The second kappa shape index (κ2) is 16.5. The zero-order valence-electron chi connectivity index (χ0n) is 29.0. The highest BCUT2D eigenvalue weighted by Gasteiger charge is 2.39. The Kier molecular flexibility index (Phi) is 12.1. The van der Waals surface area contributed by atoms with E-state index in [1.807, 2.05) is 19.9 Å². The molecule has 3 heterocycles. The number of amides is 5. The molecule has 13 heteroatoms. The van der Waals surface area contributed by atoms with E-state index in [1.54, 1.807) is 37.3 Å². The van der Waals surface area contributed by atoms with Crippen molar-refractivity contribution < 1.29 is 37.8 Å². The van der Waals surface area contributed by atoms with Gasteiger partial charge in [0.15, 0.2) is 0 Å². The zero-order valence-corrected chi connectivity index (χ0v) is 29.0. The minimum Gasteiger partial charge on any atom is -0.491 e. The van der Waals surface area contributed by atoms with Crippen molar-refractivity contribution in [2.24, 2.45) is 5.92 Å². The molecule has 4 N–H and O–H groups in total. The fraction of sp³-hybridized carbons (Fsp3) is 0.541. The molecule has 2 saturated heterocycles. The zero-order chi connectivity index (χ0) is 35.8. The molecule has 3 aliphatic rings. The van der Waals surface area contributed by atoms with Crippen LogP contribution in [0.2, 0.25) is 0 Å². The van der Waals surface area contributed by atoms with E-state index >= 15 is 0 Å². The normalized spacial score (nSPS) is 25.2. The van der Waals surface area contributed by atoms with Gasteiger partial charge in [-0.1, -0.05) is 38.1 Å². The third-order valence-corrected chi connectivity index (χ3v) is 9.89. The summed E-state index contributed by atoms with van der Waals surface area (Å²) in [6, 6.07) is 9.74. The van der Waals surface area contributed by atoms with E-state index in [0.717, 1.165) is 5.56 Å². The molecule has 50 heavy (non-hydrogen) atoms. The highest BCUT2D eigenvalue weighted by molar-refractivity contribution is 6.00. The number of ether oxygens (including phenoxy) is 2. The summed E-state index contributed by atoms with van der Waals surface area (Å²) in [6.07, 6.45) is 2.03. The van der Waals surface area contributed by atoms with Gasteiger partial charge in [-0.05, 0) is 74.8 Å². The van der Waals surface area contributed by atoms with Crippen LogP contribution in [0.5, 0.6) is 5.75 Å². The maximum atomic E-state index is 14.3. The SMILES string of the molecule is CC(C)[C@H]1NC(=O)[C@@H]2CCCN2C(=O)CC[C@@H](C(=O)NCC2(c3cccc(F)c3)CCOCC2)NC(=O)c2ccccc2OC[C@H](C)NC1=O. The van der Waals surface area contributed by atoms with Gasteiger partial charge in [0.2, 0.25) is 23.6 Å². The summed E-state index contributed by atoms with van der Waals surface area (Å²) >= 11 is 0. The summed E-state index contributed by atoms with van der Waals surface area (Å²) in [5.41, 5.74) is 0.352. The van der Waals surface area contributed by atoms with Crippen molar-refractivity contribution in [1.82, 2.24) is 26.2 Å². The van der Waals surface area contributed by atoms with Crippen LogP contribution in [0.4, 0.5) is 4.39 Å². The monoisotopic (exact) mass is 693 g/mol. The third kappa shape index (κ3) is 8.79. The van der Waals surface area contributed by atoms with Crippen molar-refractivity contribution in [3.8, 4) is 5.75 Å². The Labute approximate surface area is 292 Å². The van der Waals surface area contributed by atoms with Crippen molar-refractivity contribution in [2.45, 2.75) is 88.9 Å². The summed E-state index contributed by atoms with van der Waals surface area (Å²) < 4.78 is 25.9. The molecule has 0 aromatic heterocycles. The molecular formula is C37H48FN5O7. The number of benzene rings is 2. The molecule has 0 spiro atoms. The Bertz CT molecular complexity index is 1560. The van der Waals surface area contributed by atoms with E-state index in [4.69, 9.17) is 9.47 Å². The lowest BCUT2D eigenvalue weighted by Crippen LogP contribution is -2.56. The molecule has 2 aromatic carbocycles. The van der Waals surface area contributed by atoms with Gasteiger partial charge in [-0.3, -0.25) is 24.0 Å². The number of nitrogens with zero attached hydrogens (tertiary/aromatic N) is 1. The van der Waals surface area contributed by atoms with Gasteiger partial charge in [-0.2, -0.15) is 0 Å². The predicted molar refractivity (Wildman–Crippen MR) is 183 cm³/mol. The molecule has 12 nitrogen and oxygen atoms in total. The van der Waals surface area contributed by atoms with Crippen LogP contribution >= 0.6 is 0 Å². The molecule has 0 aliphatic carbocycles. The second-order valence-corrected chi connectivity index (χ2v) is 13.9. The molecule has 0 unspecified atom stereocenters. The van der Waals surface area contributed by atoms with Gasteiger partial charge in [0.25, 0.3) is 5.91 Å². The molecule has 270 valence electrons. The van der Waals surface area contributed by atoms with Gasteiger partial charge in [0, 0.05) is 38.1 Å². The summed E-state index contributed by atoms with van der Waals surface area (Å²) in [5.74, 6) is -2.54. The van der Waals surface area contributed by atoms with Gasteiger partial charge in [0.1, 0.15) is 36.3 Å². The van der Waals surface area contributed by atoms with Gasteiger partial charge in [-0.25, -0.2) is 4.39 Å². The molecule has 5 rings (SSSR count). The Morgan fingerprint density at radius 2 is 1.76 bits per heavy atom. The van der Waals surface area contributed by atoms with E-state index in [2.05, 4.69) is 21.3 Å². The van der Waals surface area contributed by atoms with E-state index < -0.39 is 47.3 Å². The number of para-hydroxylation sites is 1. The average Bonchev–Trinajstić information content (AvgIpc) is 3.61. The molecule has 5 amide bonds. The molecule has 3 aliphatic heterocycles. The predicted octanol–water partition coefficient (Wildman–Crippen LogP) is 2.60. The first-order valence-corrected chi connectivity index (χ1v) is 17.5. The Morgan fingerprint density at radius 3 is 2.50 bits per heavy atom. The molecule has 4 atom stereocenters. The number of carbonyl (C=O) groups is 5. The number of halogens is 1. The first-order chi connectivity index (χ1) is 24.0. The lowest BCUT2D eigenvalue weighted by Gasteiger charge is -2.38. The van der Waals surface area contributed by atoms with Crippen LogP contribution in [0.1, 0.15) is 75.2 Å². The van der Waals surface area contributed by atoms with Gasteiger partial charge in [-0.15, -0.1) is 0 Å². The minimum atomic E-state index is -1.11. The first kappa shape index (κ1) is 36.8. The Hall–Kier alpha value is -4.52. The molecule has 0 radical (unpaired) electrons. The number of rotatable bonds is 5. The Morgan fingerprint density at radius 1 is 1.00 bits per heavy atom. The Balaban J connectivity index is 1.41. The summed E-state index contributed by atoms with van der Waals surface area (Å²) in [5, 5.41) is 11.6. The lowest BCUT2D eigenvalue weighted by molar-refractivity contribution is -0.140. The minimum absolute atomic E-state index is 0.0333. The van der Waals surface area contributed by atoms with Crippen LogP contribution in [0.3, 0.4) is 0 Å². The van der Waals surface area contributed by atoms with Gasteiger partial charge >= 0.3 is 0 Å². The maximum Gasteiger partial charge on any atom is 0.255 e. The van der Waals surface area contributed by atoms with Crippen LogP contribution < -0.4 is 26.0 Å². The van der Waals surface area contributed by atoms with Crippen LogP contribution in [0.25, 0.3) is 0 Å². The lowest BCUT2D eigenvalue weighted by atomic mass is 9.74. The number of hydrogen-bond donors (Lipinski definition) is 4. The summed E-state index contributed by atoms with van der Waals surface area (Å²) in [6.45, 7) is 6.88. The summed E-state index contributed by atoms with van der Waals surface area (Å²) in [7, 11) is 0. The van der Waals surface area contributed by atoms with Gasteiger partial charge in [0.05, 0.1) is 11.6 Å². The molecule has 0 saturated carbocycles. The standard InChI is InChI=1S/C37H48FN5O7/c1-23(2)32-36(48)40-24(3)21-50-30-12-5-4-10-27(30)33(45)41-28(13-14-31(44)43-17-7-11-29(43)35(47)42-32)34(46)39-22-37(15-18-49-19-16-37)25-8-6-9-26(38)20-25/h4-6,8-10,12,20,23-24,28-29,32H,7,11,13-19,21-22H2,1-3H3,(H,39,46)(H,40,48)(H,41,45)(H,42,47)/t24-,28-,29-,32+/m0/s1. The van der Waals surface area contributed by atoms with E-state index in [1.165, 1.54) is 17.0 Å². The largest absolute Gasteiger partial charge is 0.491 e. The quantitative estimate of drug-likeness (QED) is 0.376. The molecule has 0 bridgehead atoms. The van der Waals surface area contributed by atoms with Crippen molar-refractivity contribution in [3.05, 3.63) is 65.5 Å². The van der Waals surface area contributed by atoms with Crippen LogP contribution in [-0.4, -0.2) is 91.5 Å². The smallest absolute Gasteiger partial charge is 0.255 e. The molecule has 2 aromatic rings. The first-order valence-electron chi connectivity index (χ1n) is 17.5. The van der Waals surface area contributed by atoms with Crippen LogP contribution in [0.15, 0.2) is 48.5 Å². The fourth-order valence-electron chi connectivity index (χ4n) is 6.94. The maximum absolute atomic E-state index is 14.3. The van der Waals surface area contributed by atoms with E-state index in [9.17, 15) is 28.4 Å². The van der Waals surface area contributed by atoms with Crippen molar-refractivity contribution in [2.75, 3.05) is 32.9 Å². The molecule has 2 fully saturated rings. The van der Waals surface area contributed by atoms with E-state index in [-0.39, 0.29) is 60.9 Å². The molecular weight excluding hydrogens is 645 g/mol. The highest BCUT2D eigenvalue weighted by atomic mass is 19.1. The number of hydrogen-bond acceptors (Lipinski definition) is 7. The number of fused-ring (bicyclic) bond motifs is 2. The topological polar surface area (TPSA) is 155 Å².